The summed E-state index contributed by atoms with van der Waals surface area (Å²) in [6, 6.07) is 5.80. The first-order valence-corrected chi connectivity index (χ1v) is 6.66. The zero-order chi connectivity index (χ0) is 16.9. The molecule has 0 bridgehead atoms. The second-order valence-electron chi connectivity index (χ2n) is 4.00. The van der Waals surface area contributed by atoms with E-state index in [2.05, 4.69) is 25.8 Å². The molecule has 0 radical (unpaired) electrons. The molecule has 0 saturated carbocycles. The van der Waals surface area contributed by atoms with E-state index >= 15 is 0 Å². The molecular formula is C13H13BrF3N3O2. The third-order valence-electron chi connectivity index (χ3n) is 2.55. The maximum Gasteiger partial charge on any atom is 0.434 e. The molecular weight excluding hydrogens is 367 g/mol. The van der Waals surface area contributed by atoms with E-state index in [0.29, 0.717) is 15.7 Å². The number of hydrogen-bond donors (Lipinski definition) is 1. The Kier molecular flexibility index (Phi) is 6.12. The van der Waals surface area contributed by atoms with Gasteiger partial charge in [0.05, 0.1) is 18.4 Å². The van der Waals surface area contributed by atoms with Gasteiger partial charge in [-0.15, -0.1) is 0 Å². The number of halogens is 4. The Labute approximate surface area is 133 Å². The maximum atomic E-state index is 13.2. The van der Waals surface area contributed by atoms with Crippen molar-refractivity contribution >= 4 is 33.2 Å². The molecule has 1 amide bonds. The largest absolute Gasteiger partial charge is 0.434 e. The fourth-order valence-electron chi connectivity index (χ4n) is 1.43. The van der Waals surface area contributed by atoms with Gasteiger partial charge in [-0.05, 0) is 24.3 Å². The van der Waals surface area contributed by atoms with Crippen LogP contribution in [0.4, 0.5) is 18.9 Å². The summed E-state index contributed by atoms with van der Waals surface area (Å²) in [6.07, 6.45) is -4.30. The number of benzene rings is 1. The van der Waals surface area contributed by atoms with Gasteiger partial charge in [-0.2, -0.15) is 13.2 Å². The van der Waals surface area contributed by atoms with Crippen LogP contribution in [0.25, 0.3) is 0 Å². The third kappa shape index (κ3) is 4.57. The van der Waals surface area contributed by atoms with Gasteiger partial charge in [0, 0.05) is 17.7 Å². The molecule has 1 aromatic carbocycles. The van der Waals surface area contributed by atoms with Crippen molar-refractivity contribution in [1.82, 2.24) is 5.06 Å². The van der Waals surface area contributed by atoms with E-state index in [9.17, 15) is 18.0 Å². The van der Waals surface area contributed by atoms with Gasteiger partial charge in [-0.25, -0.2) is 10.1 Å². The Morgan fingerprint density at radius 3 is 2.32 bits per heavy atom. The number of alkyl halides is 3. The van der Waals surface area contributed by atoms with Gasteiger partial charge in [0.25, 0.3) is 5.91 Å². The minimum absolute atomic E-state index is 0.0303. The predicted molar refractivity (Wildman–Crippen MR) is 79.3 cm³/mol. The quantitative estimate of drug-likeness (QED) is 0.496. The van der Waals surface area contributed by atoms with Gasteiger partial charge in [0.15, 0.2) is 5.71 Å². The lowest BCUT2D eigenvalue weighted by molar-refractivity contribution is -0.163. The van der Waals surface area contributed by atoms with Crippen LogP contribution in [0.1, 0.15) is 0 Å². The zero-order valence-corrected chi connectivity index (χ0v) is 13.3. The molecule has 120 valence electrons. The molecule has 0 aliphatic carbocycles. The average Bonchev–Trinajstić information content (AvgIpc) is 2.46. The number of carbonyl (C=O) groups is 1. The second-order valence-corrected chi connectivity index (χ2v) is 4.92. The van der Waals surface area contributed by atoms with E-state index in [4.69, 9.17) is 5.73 Å². The van der Waals surface area contributed by atoms with E-state index < -0.39 is 23.4 Å². The molecule has 0 saturated heterocycles. The molecule has 1 rings (SSSR count). The molecule has 0 aromatic heterocycles. The standard InChI is InChI=1S/C13H13BrF3N3O2/c1-20(22-2)12(21)10(7-18)11(13(15,16)17)19-9-5-3-8(14)4-6-9/h3-7H,18H2,1-2H3/b10-7+,19-11?. The number of amides is 1. The van der Waals surface area contributed by atoms with Crippen LogP contribution in [0, 0.1) is 0 Å². The van der Waals surface area contributed by atoms with Crippen molar-refractivity contribution < 1.29 is 22.8 Å². The van der Waals surface area contributed by atoms with Gasteiger partial charge < -0.3 is 5.73 Å². The van der Waals surface area contributed by atoms with Crippen LogP contribution < -0.4 is 5.73 Å². The molecule has 0 fully saturated rings. The summed E-state index contributed by atoms with van der Waals surface area (Å²) in [4.78, 5) is 20.0. The van der Waals surface area contributed by atoms with Gasteiger partial charge in [-0.3, -0.25) is 9.63 Å². The first kappa shape index (κ1) is 18.2. The highest BCUT2D eigenvalue weighted by Crippen LogP contribution is 2.27. The highest BCUT2D eigenvalue weighted by atomic mass is 79.9. The molecule has 0 aliphatic rings. The summed E-state index contributed by atoms with van der Waals surface area (Å²) in [7, 11) is 2.31. The van der Waals surface area contributed by atoms with Gasteiger partial charge in [-0.1, -0.05) is 15.9 Å². The van der Waals surface area contributed by atoms with Crippen LogP contribution in [0.5, 0.6) is 0 Å². The fourth-order valence-corrected chi connectivity index (χ4v) is 1.69. The molecule has 0 unspecified atom stereocenters. The lowest BCUT2D eigenvalue weighted by atomic mass is 10.1. The van der Waals surface area contributed by atoms with E-state index in [1.807, 2.05) is 0 Å². The highest BCUT2D eigenvalue weighted by Gasteiger charge is 2.41. The smallest absolute Gasteiger partial charge is 0.404 e. The first-order chi connectivity index (χ1) is 10.2. The highest BCUT2D eigenvalue weighted by molar-refractivity contribution is 9.10. The van der Waals surface area contributed by atoms with Crippen LogP contribution in [-0.2, 0) is 9.63 Å². The van der Waals surface area contributed by atoms with Crippen LogP contribution in [-0.4, -0.2) is 37.0 Å². The van der Waals surface area contributed by atoms with E-state index in [-0.39, 0.29) is 5.69 Å². The van der Waals surface area contributed by atoms with E-state index in [1.165, 1.54) is 31.3 Å². The minimum Gasteiger partial charge on any atom is -0.404 e. The van der Waals surface area contributed by atoms with Crippen molar-refractivity contribution in [3.8, 4) is 0 Å². The predicted octanol–water partition coefficient (Wildman–Crippen LogP) is 2.95. The number of hydroxylamine groups is 2. The van der Waals surface area contributed by atoms with Crippen molar-refractivity contribution in [2.24, 2.45) is 10.7 Å². The molecule has 2 N–H and O–H groups in total. The maximum absolute atomic E-state index is 13.2. The van der Waals surface area contributed by atoms with Gasteiger partial charge in [0.2, 0.25) is 0 Å². The topological polar surface area (TPSA) is 67.9 Å². The lowest BCUT2D eigenvalue weighted by Crippen LogP contribution is -2.36. The van der Waals surface area contributed by atoms with Crippen molar-refractivity contribution in [3.63, 3.8) is 0 Å². The van der Waals surface area contributed by atoms with E-state index in [0.717, 1.165) is 7.11 Å². The Hall–Kier alpha value is -1.87. The van der Waals surface area contributed by atoms with Crippen molar-refractivity contribution in [2.45, 2.75) is 6.18 Å². The Balaban J connectivity index is 3.34. The number of rotatable bonds is 4. The molecule has 5 nitrogen and oxygen atoms in total. The van der Waals surface area contributed by atoms with Crippen LogP contribution >= 0.6 is 15.9 Å². The number of carbonyl (C=O) groups excluding carboxylic acids is 1. The minimum atomic E-state index is -4.86. The van der Waals surface area contributed by atoms with Gasteiger partial charge >= 0.3 is 6.18 Å². The van der Waals surface area contributed by atoms with Crippen LogP contribution in [0.15, 0.2) is 45.5 Å². The zero-order valence-electron chi connectivity index (χ0n) is 11.7. The number of nitrogens with two attached hydrogens (primary N) is 1. The SMILES string of the molecule is CON(C)C(=O)/C(=C/N)C(=Nc1ccc(Br)cc1)C(F)(F)F. The molecule has 1 aromatic rings. The third-order valence-corrected chi connectivity index (χ3v) is 3.08. The molecule has 0 atom stereocenters. The summed E-state index contributed by atoms with van der Waals surface area (Å²) in [5.74, 6) is -1.06. The molecule has 22 heavy (non-hydrogen) atoms. The van der Waals surface area contributed by atoms with Crippen LogP contribution in [0.3, 0.4) is 0 Å². The Morgan fingerprint density at radius 1 is 1.36 bits per heavy atom. The summed E-state index contributed by atoms with van der Waals surface area (Å²) in [6.45, 7) is 0. The normalized spacial score (nSPS) is 13.2. The summed E-state index contributed by atoms with van der Waals surface area (Å²) >= 11 is 3.17. The lowest BCUT2D eigenvalue weighted by Gasteiger charge is -2.18. The second kappa shape index (κ2) is 7.41. The fraction of sp³-hybridized carbons (Fsp3) is 0.231. The number of hydrogen-bond acceptors (Lipinski definition) is 4. The van der Waals surface area contributed by atoms with Crippen molar-refractivity contribution in [2.75, 3.05) is 14.2 Å². The first-order valence-electron chi connectivity index (χ1n) is 5.86. The Bertz CT molecular complexity index is 598. The van der Waals surface area contributed by atoms with Crippen molar-refractivity contribution in [3.05, 3.63) is 40.5 Å². The molecule has 0 heterocycles. The summed E-state index contributed by atoms with van der Waals surface area (Å²) < 4.78 is 40.3. The molecule has 0 aliphatic heterocycles. The summed E-state index contributed by atoms with van der Waals surface area (Å²) in [5, 5.41) is 0.627. The molecule has 9 heteroatoms. The van der Waals surface area contributed by atoms with Gasteiger partial charge in [0.1, 0.15) is 0 Å². The monoisotopic (exact) mass is 379 g/mol. The van der Waals surface area contributed by atoms with Crippen molar-refractivity contribution in [1.29, 1.82) is 0 Å². The number of aliphatic imine (C=N–C) groups is 1. The number of nitrogens with zero attached hydrogens (tertiary/aromatic N) is 2. The Morgan fingerprint density at radius 2 is 1.91 bits per heavy atom. The van der Waals surface area contributed by atoms with E-state index in [1.54, 1.807) is 0 Å². The summed E-state index contributed by atoms with van der Waals surface area (Å²) in [5.41, 5.74) is 3.02. The molecule has 0 spiro atoms. The number of likely N-dealkylation sites (N-methyl/N-ethyl adjacent to an activating group) is 1. The van der Waals surface area contributed by atoms with Crippen LogP contribution in [0.2, 0.25) is 0 Å². The average molecular weight is 380 g/mol.